The predicted octanol–water partition coefficient (Wildman–Crippen LogP) is 0.496. The summed E-state index contributed by atoms with van der Waals surface area (Å²) in [6, 6.07) is 8.12. The smallest absolute Gasteiger partial charge is 0.247 e. The first-order valence-corrected chi connectivity index (χ1v) is 8.57. The van der Waals surface area contributed by atoms with E-state index in [1.54, 1.807) is 12.1 Å². The van der Waals surface area contributed by atoms with Crippen LogP contribution in [0.3, 0.4) is 0 Å². The number of nitriles is 1. The van der Waals surface area contributed by atoms with E-state index in [1.807, 2.05) is 6.07 Å². The average molecular weight is 288 g/mol. The van der Waals surface area contributed by atoms with Crippen LogP contribution in [0, 0.1) is 11.3 Å². The Morgan fingerprint density at radius 1 is 1.17 bits per heavy atom. The standard InChI is InChI=1S/C10H12N2O4S2/c1-17(13,14)8-18(15,16)12-10-4-2-9(3-5-10)6-7-11/h2-5,12H,6,8H2,1H3. The van der Waals surface area contributed by atoms with Crippen molar-refractivity contribution in [1.29, 1.82) is 5.26 Å². The first-order chi connectivity index (χ1) is 8.22. The van der Waals surface area contributed by atoms with Gasteiger partial charge in [-0.15, -0.1) is 0 Å². The van der Waals surface area contributed by atoms with Crippen LogP contribution in [-0.4, -0.2) is 28.2 Å². The lowest BCUT2D eigenvalue weighted by Gasteiger charge is -2.07. The van der Waals surface area contributed by atoms with E-state index in [2.05, 4.69) is 4.72 Å². The van der Waals surface area contributed by atoms with E-state index in [9.17, 15) is 16.8 Å². The van der Waals surface area contributed by atoms with Gasteiger partial charge in [-0.2, -0.15) is 5.26 Å². The van der Waals surface area contributed by atoms with Crippen molar-refractivity contribution in [3.8, 4) is 6.07 Å². The van der Waals surface area contributed by atoms with Crippen molar-refractivity contribution in [2.24, 2.45) is 0 Å². The number of benzene rings is 1. The third-order valence-corrected chi connectivity index (χ3v) is 5.38. The van der Waals surface area contributed by atoms with Gasteiger partial charge in [-0.3, -0.25) is 4.72 Å². The first kappa shape index (κ1) is 14.5. The number of sulfone groups is 1. The van der Waals surface area contributed by atoms with Crippen molar-refractivity contribution in [1.82, 2.24) is 0 Å². The largest absolute Gasteiger partial charge is 0.283 e. The van der Waals surface area contributed by atoms with Crippen molar-refractivity contribution < 1.29 is 16.8 Å². The van der Waals surface area contributed by atoms with Gasteiger partial charge in [0.1, 0.15) is 0 Å². The highest BCUT2D eigenvalue weighted by Gasteiger charge is 2.17. The molecule has 1 N–H and O–H groups in total. The highest BCUT2D eigenvalue weighted by atomic mass is 32.3. The van der Waals surface area contributed by atoms with Crippen molar-refractivity contribution in [2.75, 3.05) is 16.1 Å². The Kier molecular flexibility index (Phi) is 4.32. The Balaban J connectivity index is 2.82. The molecule has 0 spiro atoms. The maximum atomic E-state index is 11.5. The van der Waals surface area contributed by atoms with Crippen LogP contribution in [0.1, 0.15) is 5.56 Å². The number of anilines is 1. The molecule has 0 fully saturated rings. The van der Waals surface area contributed by atoms with Crippen LogP contribution < -0.4 is 4.72 Å². The SMILES string of the molecule is CS(=O)(=O)CS(=O)(=O)Nc1ccc(CC#N)cc1. The lowest BCUT2D eigenvalue weighted by Crippen LogP contribution is -2.22. The summed E-state index contributed by atoms with van der Waals surface area (Å²) in [6.07, 6.45) is 1.08. The number of hydrogen-bond donors (Lipinski definition) is 1. The topological polar surface area (TPSA) is 104 Å². The highest BCUT2D eigenvalue weighted by Crippen LogP contribution is 2.12. The lowest BCUT2D eigenvalue weighted by atomic mass is 10.1. The van der Waals surface area contributed by atoms with E-state index in [0.717, 1.165) is 11.8 Å². The Morgan fingerprint density at radius 3 is 2.17 bits per heavy atom. The second kappa shape index (κ2) is 5.37. The monoisotopic (exact) mass is 288 g/mol. The zero-order chi connectivity index (χ0) is 13.8. The molecule has 0 saturated heterocycles. The predicted molar refractivity (Wildman–Crippen MR) is 68.0 cm³/mol. The molecule has 18 heavy (non-hydrogen) atoms. The summed E-state index contributed by atoms with van der Waals surface area (Å²) in [7, 11) is -7.53. The number of nitrogens with zero attached hydrogens (tertiary/aromatic N) is 1. The molecular weight excluding hydrogens is 276 g/mol. The molecule has 0 atom stereocenters. The molecule has 0 unspecified atom stereocenters. The van der Waals surface area contributed by atoms with Gasteiger partial charge >= 0.3 is 0 Å². The minimum atomic E-state index is -3.92. The van der Waals surface area contributed by atoms with Crippen LogP contribution in [0.25, 0.3) is 0 Å². The quantitative estimate of drug-likeness (QED) is 0.849. The minimum absolute atomic E-state index is 0.233. The third kappa shape index (κ3) is 5.16. The van der Waals surface area contributed by atoms with Gasteiger partial charge in [0.25, 0.3) is 0 Å². The van der Waals surface area contributed by atoms with Crippen molar-refractivity contribution >= 4 is 25.5 Å². The molecule has 98 valence electrons. The molecule has 0 bridgehead atoms. The summed E-state index contributed by atoms with van der Waals surface area (Å²) in [5.74, 6) is 0. The maximum absolute atomic E-state index is 11.5. The molecule has 1 rings (SSSR count). The van der Waals surface area contributed by atoms with E-state index in [0.29, 0.717) is 0 Å². The van der Waals surface area contributed by atoms with Crippen LogP contribution >= 0.6 is 0 Å². The molecule has 0 amide bonds. The van der Waals surface area contributed by atoms with Crippen LogP contribution in [0.15, 0.2) is 24.3 Å². The molecule has 0 saturated carbocycles. The third-order valence-electron chi connectivity index (χ3n) is 1.88. The zero-order valence-corrected chi connectivity index (χ0v) is 11.3. The molecule has 0 aromatic heterocycles. The summed E-state index contributed by atoms with van der Waals surface area (Å²) in [5.41, 5.74) is 1.02. The van der Waals surface area contributed by atoms with E-state index >= 15 is 0 Å². The number of hydrogen-bond acceptors (Lipinski definition) is 5. The van der Waals surface area contributed by atoms with Gasteiger partial charge in [0.2, 0.25) is 10.0 Å². The molecule has 8 heteroatoms. The van der Waals surface area contributed by atoms with Crippen LogP contribution in [0.5, 0.6) is 0 Å². The molecule has 0 aliphatic rings. The van der Waals surface area contributed by atoms with E-state index in [1.165, 1.54) is 12.1 Å². The van der Waals surface area contributed by atoms with Gasteiger partial charge < -0.3 is 0 Å². The van der Waals surface area contributed by atoms with Gasteiger partial charge in [0.05, 0.1) is 12.5 Å². The molecule has 1 aromatic carbocycles. The maximum Gasteiger partial charge on any atom is 0.247 e. The Bertz CT molecular complexity index is 655. The average Bonchev–Trinajstić information content (AvgIpc) is 2.17. The molecule has 0 radical (unpaired) electrons. The Labute approximate surface area is 106 Å². The lowest BCUT2D eigenvalue weighted by molar-refractivity contribution is 0.595. The normalized spacial score (nSPS) is 11.8. The Morgan fingerprint density at radius 2 is 1.72 bits per heavy atom. The fourth-order valence-electron chi connectivity index (χ4n) is 1.27. The van der Waals surface area contributed by atoms with Crippen LogP contribution in [0.2, 0.25) is 0 Å². The van der Waals surface area contributed by atoms with Gasteiger partial charge in [-0.1, -0.05) is 12.1 Å². The second-order valence-corrected chi connectivity index (χ2v) is 8.02. The first-order valence-electron chi connectivity index (χ1n) is 4.86. The molecule has 0 heterocycles. The number of sulfonamides is 1. The van der Waals surface area contributed by atoms with Crippen LogP contribution in [-0.2, 0) is 26.3 Å². The fourth-order valence-corrected chi connectivity index (χ4v) is 4.26. The minimum Gasteiger partial charge on any atom is -0.283 e. The van der Waals surface area contributed by atoms with Gasteiger partial charge in [-0.25, -0.2) is 16.8 Å². The number of rotatable bonds is 5. The molecular formula is C10H12N2O4S2. The molecule has 0 aliphatic heterocycles. The van der Waals surface area contributed by atoms with Crippen LogP contribution in [0.4, 0.5) is 5.69 Å². The van der Waals surface area contributed by atoms with Gasteiger partial charge in [0.15, 0.2) is 14.9 Å². The highest BCUT2D eigenvalue weighted by molar-refractivity contribution is 8.08. The summed E-state index contributed by atoms with van der Waals surface area (Å²) in [5, 5.41) is 7.52. The van der Waals surface area contributed by atoms with Crippen molar-refractivity contribution in [3.63, 3.8) is 0 Å². The molecule has 6 nitrogen and oxygen atoms in total. The van der Waals surface area contributed by atoms with E-state index in [4.69, 9.17) is 5.26 Å². The summed E-state index contributed by atoms with van der Waals surface area (Å²) in [4.78, 5) is 0. The zero-order valence-electron chi connectivity index (χ0n) is 9.62. The molecule has 0 aliphatic carbocycles. The van der Waals surface area contributed by atoms with Crippen molar-refractivity contribution in [2.45, 2.75) is 6.42 Å². The van der Waals surface area contributed by atoms with Gasteiger partial charge in [0, 0.05) is 11.9 Å². The van der Waals surface area contributed by atoms with E-state index < -0.39 is 24.9 Å². The molecule has 1 aromatic rings. The Hall–Kier alpha value is -1.59. The van der Waals surface area contributed by atoms with Crippen molar-refractivity contribution in [3.05, 3.63) is 29.8 Å². The summed E-state index contributed by atoms with van der Waals surface area (Å²) in [6.45, 7) is 0. The fraction of sp³-hybridized carbons (Fsp3) is 0.300. The van der Waals surface area contributed by atoms with Gasteiger partial charge in [-0.05, 0) is 17.7 Å². The number of nitrogens with one attached hydrogen (secondary N) is 1. The summed E-state index contributed by atoms with van der Waals surface area (Å²) >= 11 is 0. The van der Waals surface area contributed by atoms with E-state index in [-0.39, 0.29) is 12.1 Å². The summed E-state index contributed by atoms with van der Waals surface area (Å²) < 4.78 is 47.0. The second-order valence-electron chi connectivity index (χ2n) is 3.79.